The fraction of sp³-hybridized carbons (Fsp3) is 0.538. The molecule has 0 bridgehead atoms. The molecular formula is C13H14O9. The van der Waals surface area contributed by atoms with Crippen LogP contribution in [-0.2, 0) is 28.7 Å². The van der Waals surface area contributed by atoms with Gasteiger partial charge in [0.05, 0.1) is 18.6 Å². The van der Waals surface area contributed by atoms with Gasteiger partial charge < -0.3 is 24.8 Å². The van der Waals surface area contributed by atoms with Gasteiger partial charge in [-0.2, -0.15) is 0 Å². The number of aliphatic hydroxyl groups excluding tert-OH is 3. The van der Waals surface area contributed by atoms with Gasteiger partial charge in [-0.25, -0.2) is 0 Å². The van der Waals surface area contributed by atoms with E-state index in [4.69, 9.17) is 14.6 Å². The minimum absolute atomic E-state index is 0.638. The zero-order valence-electron chi connectivity index (χ0n) is 11.5. The molecule has 1 fully saturated rings. The smallest absolute Gasteiger partial charge is 0.263 e. The van der Waals surface area contributed by atoms with E-state index < -0.39 is 65.8 Å². The van der Waals surface area contributed by atoms with E-state index in [1.165, 1.54) is 0 Å². The maximum atomic E-state index is 12.5. The Labute approximate surface area is 124 Å². The van der Waals surface area contributed by atoms with E-state index in [-0.39, 0.29) is 0 Å². The summed E-state index contributed by atoms with van der Waals surface area (Å²) in [4.78, 5) is 47.0. The van der Waals surface area contributed by atoms with Crippen molar-refractivity contribution in [1.82, 2.24) is 0 Å². The van der Waals surface area contributed by atoms with Crippen molar-refractivity contribution in [2.45, 2.75) is 30.5 Å². The van der Waals surface area contributed by atoms with Crippen LogP contribution in [-0.4, -0.2) is 76.3 Å². The molecule has 0 amide bonds. The van der Waals surface area contributed by atoms with Crippen LogP contribution in [0.4, 0.5) is 0 Å². The number of Topliss-reactive ketones (excluding diaryl/α,β-unsaturated/α-hetero) is 3. The van der Waals surface area contributed by atoms with Gasteiger partial charge in [0.2, 0.25) is 17.3 Å². The van der Waals surface area contributed by atoms with Gasteiger partial charge in [0.15, 0.2) is 5.78 Å². The molecule has 3 N–H and O–H groups in total. The topological polar surface area (TPSA) is 147 Å². The Morgan fingerprint density at radius 1 is 1.41 bits per heavy atom. The van der Waals surface area contributed by atoms with Crippen molar-refractivity contribution in [3.8, 4) is 0 Å². The van der Waals surface area contributed by atoms with E-state index in [0.717, 1.165) is 7.11 Å². The lowest BCUT2D eigenvalue weighted by atomic mass is 9.87. The molecule has 120 valence electrons. The standard InChI is InChI=1S/C13H14O9/c1-21-13(12(20)10(18)8(4-14)22-13)11(19)6-2-5(15)3-7(16)9(6)17/h2,8,10,12,14,18,20H,3-4H2,1H3/t8-,10-,12-,13?/m0/s1. The Kier molecular flexibility index (Phi) is 4.36. The number of ketones is 4. The molecule has 0 aromatic carbocycles. The number of hydrogen-bond acceptors (Lipinski definition) is 9. The number of methoxy groups -OCH3 is 1. The average Bonchev–Trinajstić information content (AvgIpc) is 2.75. The molecule has 1 saturated heterocycles. The van der Waals surface area contributed by atoms with Crippen LogP contribution in [0.25, 0.3) is 0 Å². The largest absolute Gasteiger partial charge is 0.394 e. The molecule has 0 aromatic rings. The van der Waals surface area contributed by atoms with Crippen LogP contribution in [0.15, 0.2) is 11.6 Å². The maximum absolute atomic E-state index is 12.5. The van der Waals surface area contributed by atoms with Crippen LogP contribution in [0.2, 0.25) is 0 Å². The summed E-state index contributed by atoms with van der Waals surface area (Å²) in [6.45, 7) is -0.721. The highest BCUT2D eigenvalue weighted by Gasteiger charge is 2.61. The Morgan fingerprint density at radius 3 is 2.55 bits per heavy atom. The molecule has 4 atom stereocenters. The third-order valence-corrected chi connectivity index (χ3v) is 3.60. The number of hydrogen-bond donors (Lipinski definition) is 3. The molecule has 1 heterocycles. The third-order valence-electron chi connectivity index (χ3n) is 3.60. The molecule has 0 radical (unpaired) electrons. The van der Waals surface area contributed by atoms with Crippen molar-refractivity contribution in [2.75, 3.05) is 13.7 Å². The van der Waals surface area contributed by atoms with Crippen LogP contribution >= 0.6 is 0 Å². The lowest BCUT2D eigenvalue weighted by Crippen LogP contribution is -2.53. The van der Waals surface area contributed by atoms with Gasteiger partial charge >= 0.3 is 0 Å². The molecule has 0 saturated carbocycles. The van der Waals surface area contributed by atoms with E-state index in [0.29, 0.717) is 6.08 Å². The summed E-state index contributed by atoms with van der Waals surface area (Å²) in [6.07, 6.45) is -4.85. The van der Waals surface area contributed by atoms with Gasteiger partial charge in [0.25, 0.3) is 5.79 Å². The normalized spacial score (nSPS) is 35.7. The van der Waals surface area contributed by atoms with E-state index in [1.54, 1.807) is 0 Å². The minimum Gasteiger partial charge on any atom is -0.394 e. The second kappa shape index (κ2) is 5.78. The van der Waals surface area contributed by atoms with Crippen molar-refractivity contribution in [3.63, 3.8) is 0 Å². The van der Waals surface area contributed by atoms with Crippen LogP contribution in [0.5, 0.6) is 0 Å². The van der Waals surface area contributed by atoms with E-state index in [9.17, 15) is 29.4 Å². The first kappa shape index (κ1) is 16.6. The Bertz CT molecular complexity index is 578. The molecule has 22 heavy (non-hydrogen) atoms. The summed E-state index contributed by atoms with van der Waals surface area (Å²) in [5.74, 6) is -6.74. The third kappa shape index (κ3) is 2.32. The van der Waals surface area contributed by atoms with Gasteiger partial charge in [-0.15, -0.1) is 0 Å². The second-order valence-electron chi connectivity index (χ2n) is 4.93. The molecule has 1 aliphatic carbocycles. The molecule has 2 aliphatic rings. The van der Waals surface area contributed by atoms with Crippen LogP contribution in [0.3, 0.4) is 0 Å². The van der Waals surface area contributed by atoms with E-state index in [1.807, 2.05) is 0 Å². The SMILES string of the molecule is COC1(C(=O)C2=CC(=O)CC(=O)C2=O)O[C@@H](CO)[C@H](O)[C@@H]1O. The Hall–Kier alpha value is -1.78. The fourth-order valence-corrected chi connectivity index (χ4v) is 2.41. The number of carbonyl (C=O) groups excluding carboxylic acids is 4. The highest BCUT2D eigenvalue weighted by Crippen LogP contribution is 2.35. The molecule has 0 aromatic heterocycles. The summed E-state index contributed by atoms with van der Waals surface area (Å²) in [5.41, 5.74) is -0.784. The monoisotopic (exact) mass is 314 g/mol. The number of rotatable bonds is 4. The van der Waals surface area contributed by atoms with E-state index >= 15 is 0 Å². The first-order chi connectivity index (χ1) is 10.3. The average molecular weight is 314 g/mol. The number of ether oxygens (including phenoxy) is 2. The lowest BCUT2D eigenvalue weighted by molar-refractivity contribution is -0.233. The summed E-state index contributed by atoms with van der Waals surface area (Å²) < 4.78 is 9.91. The van der Waals surface area contributed by atoms with Crippen molar-refractivity contribution < 1.29 is 44.0 Å². The van der Waals surface area contributed by atoms with Gasteiger partial charge in [-0.3, -0.25) is 19.2 Å². The number of allylic oxidation sites excluding steroid dienone is 1. The predicted molar refractivity (Wildman–Crippen MR) is 66.4 cm³/mol. The predicted octanol–water partition coefficient (Wildman–Crippen LogP) is -2.95. The van der Waals surface area contributed by atoms with Crippen molar-refractivity contribution in [1.29, 1.82) is 0 Å². The van der Waals surface area contributed by atoms with Crippen molar-refractivity contribution >= 4 is 23.1 Å². The fourth-order valence-electron chi connectivity index (χ4n) is 2.41. The second-order valence-corrected chi connectivity index (χ2v) is 4.93. The van der Waals surface area contributed by atoms with Gasteiger partial charge in [0, 0.05) is 7.11 Å². The highest BCUT2D eigenvalue weighted by atomic mass is 16.7. The molecule has 9 nitrogen and oxygen atoms in total. The molecule has 2 rings (SSSR count). The molecule has 0 spiro atoms. The highest BCUT2D eigenvalue weighted by molar-refractivity contribution is 6.55. The maximum Gasteiger partial charge on any atom is 0.263 e. The quantitative estimate of drug-likeness (QED) is 0.281. The lowest BCUT2D eigenvalue weighted by Gasteiger charge is -2.29. The van der Waals surface area contributed by atoms with Crippen molar-refractivity contribution in [2.24, 2.45) is 0 Å². The first-order valence-corrected chi connectivity index (χ1v) is 6.35. The summed E-state index contributed by atoms with van der Waals surface area (Å²) >= 11 is 0. The van der Waals surface area contributed by atoms with Gasteiger partial charge in [0.1, 0.15) is 18.3 Å². The Balaban J connectivity index is 2.44. The van der Waals surface area contributed by atoms with Crippen LogP contribution in [0, 0.1) is 0 Å². The molecule has 1 unspecified atom stereocenters. The molecule has 1 aliphatic heterocycles. The first-order valence-electron chi connectivity index (χ1n) is 6.35. The zero-order chi connectivity index (χ0) is 16.7. The minimum atomic E-state index is -2.48. The zero-order valence-corrected chi connectivity index (χ0v) is 11.5. The summed E-state index contributed by atoms with van der Waals surface area (Å²) in [6, 6.07) is 0. The number of carbonyl (C=O) groups is 4. The van der Waals surface area contributed by atoms with Crippen LogP contribution < -0.4 is 0 Å². The van der Waals surface area contributed by atoms with Crippen LogP contribution in [0.1, 0.15) is 6.42 Å². The number of aliphatic hydroxyl groups is 3. The molecule has 9 heteroatoms. The van der Waals surface area contributed by atoms with Crippen molar-refractivity contribution in [3.05, 3.63) is 11.6 Å². The van der Waals surface area contributed by atoms with Gasteiger partial charge in [-0.1, -0.05) is 0 Å². The van der Waals surface area contributed by atoms with Gasteiger partial charge in [-0.05, 0) is 6.08 Å². The van der Waals surface area contributed by atoms with E-state index in [2.05, 4.69) is 0 Å². The Morgan fingerprint density at radius 2 is 2.05 bits per heavy atom. The summed E-state index contributed by atoms with van der Waals surface area (Å²) in [7, 11) is 0.977. The molecular weight excluding hydrogens is 300 g/mol. The summed E-state index contributed by atoms with van der Waals surface area (Å²) in [5, 5.41) is 28.8.